The van der Waals surface area contributed by atoms with E-state index >= 15 is 0 Å². The summed E-state index contributed by atoms with van der Waals surface area (Å²) < 4.78 is 15.9. The van der Waals surface area contributed by atoms with Crippen LogP contribution in [0.2, 0.25) is 0 Å². The molecule has 31 heavy (non-hydrogen) atoms. The average molecular weight is 444 g/mol. The largest absolute Gasteiger partial charge is 0.496 e. The van der Waals surface area contributed by atoms with Gasteiger partial charge in [-0.3, -0.25) is 9.59 Å². The van der Waals surface area contributed by atoms with Gasteiger partial charge in [0.25, 0.3) is 0 Å². The molecule has 0 N–H and O–H groups in total. The molecule has 0 aliphatic heterocycles. The molecule has 2 aromatic rings. The van der Waals surface area contributed by atoms with Gasteiger partial charge in [0.15, 0.2) is 11.5 Å². The van der Waals surface area contributed by atoms with E-state index in [1.807, 2.05) is 36.0 Å². The minimum Gasteiger partial charge on any atom is -0.496 e. The summed E-state index contributed by atoms with van der Waals surface area (Å²) in [5.41, 5.74) is 1.90. The zero-order chi connectivity index (χ0) is 22.8. The second kappa shape index (κ2) is 12.2. The van der Waals surface area contributed by atoms with E-state index in [1.54, 1.807) is 12.1 Å². The molecule has 0 amide bonds. The molecule has 0 bridgehead atoms. The summed E-state index contributed by atoms with van der Waals surface area (Å²) in [7, 11) is 5.65. The number of thioether (sulfide) groups is 1. The van der Waals surface area contributed by atoms with E-state index in [-0.39, 0.29) is 16.7 Å². The molecular weight excluding hydrogens is 414 g/mol. The Bertz CT molecular complexity index is 912. The fourth-order valence-corrected chi connectivity index (χ4v) is 4.06. The molecule has 0 aliphatic rings. The SMILES string of the molecule is COc1cc(OC(C)=O)c(OC(C)=O)cc1/C=C/C(SCCN(C)C)c1ccccc1. The zero-order valence-corrected chi connectivity index (χ0v) is 19.4. The van der Waals surface area contributed by atoms with Crippen LogP contribution in [0.4, 0.5) is 0 Å². The van der Waals surface area contributed by atoms with Gasteiger partial charge in [-0.05, 0) is 25.7 Å². The van der Waals surface area contributed by atoms with Crippen molar-refractivity contribution in [1.82, 2.24) is 4.90 Å². The highest BCUT2D eigenvalue weighted by Crippen LogP contribution is 2.37. The molecule has 0 aromatic heterocycles. The number of ether oxygens (including phenoxy) is 3. The van der Waals surface area contributed by atoms with E-state index in [9.17, 15) is 9.59 Å². The van der Waals surface area contributed by atoms with Crippen molar-refractivity contribution in [2.45, 2.75) is 19.1 Å². The number of esters is 2. The van der Waals surface area contributed by atoms with E-state index < -0.39 is 11.9 Å². The van der Waals surface area contributed by atoms with Gasteiger partial charge in [0.2, 0.25) is 0 Å². The topological polar surface area (TPSA) is 65.1 Å². The minimum atomic E-state index is -0.514. The number of methoxy groups -OCH3 is 1. The monoisotopic (exact) mass is 443 g/mol. The van der Waals surface area contributed by atoms with E-state index in [0.29, 0.717) is 11.3 Å². The lowest BCUT2D eigenvalue weighted by molar-refractivity contribution is -0.134. The van der Waals surface area contributed by atoms with Crippen LogP contribution >= 0.6 is 11.8 Å². The Hall–Kier alpha value is -2.77. The lowest BCUT2D eigenvalue weighted by atomic mass is 10.1. The first-order valence-electron chi connectivity index (χ1n) is 9.88. The highest BCUT2D eigenvalue weighted by atomic mass is 32.2. The predicted molar refractivity (Wildman–Crippen MR) is 125 cm³/mol. The molecule has 0 aliphatic carbocycles. The molecule has 0 heterocycles. The number of nitrogens with zero attached hydrogens (tertiary/aromatic N) is 1. The molecule has 2 rings (SSSR count). The quantitative estimate of drug-likeness (QED) is 0.393. The molecule has 1 unspecified atom stereocenters. The van der Waals surface area contributed by atoms with Crippen molar-refractivity contribution in [3.63, 3.8) is 0 Å². The third-order valence-electron chi connectivity index (χ3n) is 4.22. The number of benzene rings is 2. The molecule has 166 valence electrons. The summed E-state index contributed by atoms with van der Waals surface area (Å²) in [6.45, 7) is 3.55. The van der Waals surface area contributed by atoms with Gasteiger partial charge in [-0.25, -0.2) is 0 Å². The Morgan fingerprint density at radius 1 is 1.00 bits per heavy atom. The van der Waals surface area contributed by atoms with E-state index in [4.69, 9.17) is 14.2 Å². The minimum absolute atomic E-state index is 0.135. The van der Waals surface area contributed by atoms with Crippen molar-refractivity contribution < 1.29 is 23.8 Å². The predicted octanol–water partition coefficient (Wildman–Crippen LogP) is 4.60. The highest BCUT2D eigenvalue weighted by Gasteiger charge is 2.16. The van der Waals surface area contributed by atoms with Crippen LogP contribution in [-0.2, 0) is 9.59 Å². The van der Waals surface area contributed by atoms with Crippen LogP contribution in [0.15, 0.2) is 48.5 Å². The Balaban J connectivity index is 2.38. The molecule has 0 spiro atoms. The summed E-state index contributed by atoms with van der Waals surface area (Å²) in [5.74, 6) is 0.762. The lowest BCUT2D eigenvalue weighted by Crippen LogP contribution is -2.15. The van der Waals surface area contributed by atoms with Crippen molar-refractivity contribution in [1.29, 1.82) is 0 Å². The van der Waals surface area contributed by atoms with Gasteiger partial charge in [-0.2, -0.15) is 0 Å². The smallest absolute Gasteiger partial charge is 0.308 e. The maximum absolute atomic E-state index is 11.5. The first-order valence-corrected chi connectivity index (χ1v) is 10.9. The molecular formula is C24H29NO5S. The molecule has 7 heteroatoms. The standard InChI is InChI=1S/C24H29NO5S/c1-17(26)29-22-15-20(21(28-5)16-23(22)30-18(2)27)11-12-24(31-14-13-25(3)4)19-9-7-6-8-10-19/h6-12,15-16,24H,13-14H2,1-5H3/b12-11+. The number of carbonyl (C=O) groups excluding carboxylic acids is 2. The van der Waals surface area contributed by atoms with Gasteiger partial charge >= 0.3 is 11.9 Å². The summed E-state index contributed by atoms with van der Waals surface area (Å²) in [6, 6.07) is 13.4. The van der Waals surface area contributed by atoms with Gasteiger partial charge < -0.3 is 19.1 Å². The highest BCUT2D eigenvalue weighted by molar-refractivity contribution is 7.99. The van der Waals surface area contributed by atoms with Gasteiger partial charge in [-0.1, -0.05) is 42.5 Å². The van der Waals surface area contributed by atoms with Crippen molar-refractivity contribution in [2.24, 2.45) is 0 Å². The van der Waals surface area contributed by atoms with Gasteiger partial charge in [-0.15, -0.1) is 11.8 Å². The van der Waals surface area contributed by atoms with Crippen LogP contribution < -0.4 is 14.2 Å². The lowest BCUT2D eigenvalue weighted by Gasteiger charge is -2.16. The molecule has 6 nitrogen and oxygen atoms in total. The van der Waals surface area contributed by atoms with Crippen LogP contribution in [0.1, 0.15) is 30.2 Å². The Labute approximate surface area is 188 Å². The maximum Gasteiger partial charge on any atom is 0.308 e. The Morgan fingerprint density at radius 3 is 2.16 bits per heavy atom. The Morgan fingerprint density at radius 2 is 1.61 bits per heavy atom. The van der Waals surface area contributed by atoms with Crippen LogP contribution in [0.25, 0.3) is 6.08 Å². The third-order valence-corrected chi connectivity index (χ3v) is 5.42. The normalized spacial score (nSPS) is 12.1. The molecule has 0 saturated carbocycles. The molecule has 0 saturated heterocycles. The van der Waals surface area contributed by atoms with Gasteiger partial charge in [0.1, 0.15) is 5.75 Å². The third kappa shape index (κ3) is 8.11. The number of carbonyl (C=O) groups is 2. The fourth-order valence-electron chi connectivity index (χ4n) is 2.79. The van der Waals surface area contributed by atoms with E-state index in [1.165, 1.54) is 26.5 Å². The molecule has 1 atom stereocenters. The number of hydrogen-bond donors (Lipinski definition) is 0. The fraction of sp³-hybridized carbons (Fsp3) is 0.333. The summed E-state index contributed by atoms with van der Waals surface area (Å²) in [4.78, 5) is 25.1. The Kier molecular flexibility index (Phi) is 9.62. The molecule has 2 aromatic carbocycles. The maximum atomic E-state index is 11.5. The molecule has 0 fully saturated rings. The zero-order valence-electron chi connectivity index (χ0n) is 18.6. The average Bonchev–Trinajstić information content (AvgIpc) is 2.71. The summed E-state index contributed by atoms with van der Waals surface area (Å²) >= 11 is 1.84. The number of rotatable bonds is 10. The van der Waals surface area contributed by atoms with Crippen LogP contribution in [-0.4, -0.2) is 50.3 Å². The van der Waals surface area contributed by atoms with Gasteiger partial charge in [0, 0.05) is 43.0 Å². The van der Waals surface area contributed by atoms with Crippen molar-refractivity contribution in [3.05, 3.63) is 59.7 Å². The molecule has 0 radical (unpaired) electrons. The van der Waals surface area contributed by atoms with Crippen molar-refractivity contribution >= 4 is 29.8 Å². The van der Waals surface area contributed by atoms with Crippen molar-refractivity contribution in [2.75, 3.05) is 33.5 Å². The second-order valence-electron chi connectivity index (χ2n) is 7.09. The first kappa shape index (κ1) is 24.5. The first-order chi connectivity index (χ1) is 14.8. The summed E-state index contributed by atoms with van der Waals surface area (Å²) in [5, 5.41) is 0.135. The van der Waals surface area contributed by atoms with Crippen LogP contribution in [0.5, 0.6) is 17.2 Å². The van der Waals surface area contributed by atoms with E-state index in [0.717, 1.165) is 12.3 Å². The summed E-state index contributed by atoms with van der Waals surface area (Å²) in [6.07, 6.45) is 4.03. The second-order valence-corrected chi connectivity index (χ2v) is 8.34. The van der Waals surface area contributed by atoms with Crippen LogP contribution in [0.3, 0.4) is 0 Å². The van der Waals surface area contributed by atoms with Crippen LogP contribution in [0, 0.1) is 0 Å². The van der Waals surface area contributed by atoms with E-state index in [2.05, 4.69) is 37.2 Å². The van der Waals surface area contributed by atoms with Crippen molar-refractivity contribution in [3.8, 4) is 17.2 Å². The number of hydrogen-bond acceptors (Lipinski definition) is 7. The van der Waals surface area contributed by atoms with Gasteiger partial charge in [0.05, 0.1) is 7.11 Å².